The Morgan fingerprint density at radius 2 is 2.05 bits per heavy atom. The highest BCUT2D eigenvalue weighted by Crippen LogP contribution is 2.49. The van der Waals surface area contributed by atoms with Crippen molar-refractivity contribution in [2.45, 2.75) is 52.4 Å². The molecular formula is C17H30O5. The summed E-state index contributed by atoms with van der Waals surface area (Å²) in [7, 11) is 2.99. The molecule has 0 radical (unpaired) electrons. The normalized spacial score (nSPS) is 33.1. The van der Waals surface area contributed by atoms with E-state index < -0.39 is 11.2 Å². The summed E-state index contributed by atoms with van der Waals surface area (Å²) in [6, 6.07) is 0. The van der Waals surface area contributed by atoms with Crippen LogP contribution in [0.1, 0.15) is 40.5 Å². The third kappa shape index (κ3) is 3.70. The fourth-order valence-corrected chi connectivity index (χ4v) is 3.32. The summed E-state index contributed by atoms with van der Waals surface area (Å²) < 4.78 is 16.7. The van der Waals surface area contributed by atoms with E-state index in [1.807, 2.05) is 13.8 Å². The number of aliphatic hydroxyl groups excluding tert-OH is 1. The van der Waals surface area contributed by atoms with E-state index in [9.17, 15) is 9.90 Å². The predicted molar refractivity (Wildman–Crippen MR) is 84.2 cm³/mol. The molecular weight excluding hydrogens is 284 g/mol. The second-order valence-corrected chi connectivity index (χ2v) is 6.82. The van der Waals surface area contributed by atoms with E-state index in [4.69, 9.17) is 9.47 Å². The maximum atomic E-state index is 11.2. The van der Waals surface area contributed by atoms with Gasteiger partial charge in [-0.15, -0.1) is 0 Å². The molecule has 0 aromatic carbocycles. The Morgan fingerprint density at radius 3 is 2.55 bits per heavy atom. The molecule has 0 bridgehead atoms. The maximum Gasteiger partial charge on any atom is 0.330 e. The van der Waals surface area contributed by atoms with Gasteiger partial charge in [-0.25, -0.2) is 4.79 Å². The molecule has 128 valence electrons. The lowest BCUT2D eigenvalue weighted by Crippen LogP contribution is -2.61. The van der Waals surface area contributed by atoms with Crippen molar-refractivity contribution >= 4 is 5.97 Å². The third-order valence-corrected chi connectivity index (χ3v) is 4.93. The van der Waals surface area contributed by atoms with Gasteiger partial charge in [-0.2, -0.15) is 0 Å². The van der Waals surface area contributed by atoms with Gasteiger partial charge < -0.3 is 19.3 Å². The summed E-state index contributed by atoms with van der Waals surface area (Å²) in [5.41, 5.74) is -0.528. The minimum Gasteiger partial charge on any atom is -0.466 e. The molecule has 1 N–H and O–H groups in total. The van der Waals surface area contributed by atoms with Crippen LogP contribution in [-0.4, -0.2) is 43.8 Å². The zero-order valence-electron chi connectivity index (χ0n) is 14.6. The highest BCUT2D eigenvalue weighted by molar-refractivity contribution is 5.81. The monoisotopic (exact) mass is 314 g/mol. The van der Waals surface area contributed by atoms with Crippen LogP contribution >= 0.6 is 0 Å². The van der Waals surface area contributed by atoms with Crippen molar-refractivity contribution in [3.8, 4) is 0 Å². The molecule has 0 aliphatic carbocycles. The summed E-state index contributed by atoms with van der Waals surface area (Å²) in [5, 5.41) is 9.78. The van der Waals surface area contributed by atoms with Gasteiger partial charge in [0.15, 0.2) is 5.79 Å². The molecule has 0 aromatic heterocycles. The average Bonchev–Trinajstić information content (AvgIpc) is 2.50. The Morgan fingerprint density at radius 1 is 1.41 bits per heavy atom. The highest BCUT2D eigenvalue weighted by atomic mass is 16.7. The number of hydrogen-bond donors (Lipinski definition) is 1. The Balaban J connectivity index is 2.94. The highest BCUT2D eigenvalue weighted by Gasteiger charge is 2.55. The molecule has 0 saturated carbocycles. The average molecular weight is 314 g/mol. The molecule has 1 heterocycles. The van der Waals surface area contributed by atoms with Gasteiger partial charge in [0.25, 0.3) is 0 Å². The molecule has 1 aliphatic rings. The number of carbonyl (C=O) groups is 1. The molecule has 0 aromatic rings. The summed E-state index contributed by atoms with van der Waals surface area (Å²) in [4.78, 5) is 11.2. The van der Waals surface area contributed by atoms with Crippen LogP contribution in [0.2, 0.25) is 0 Å². The number of aliphatic hydroxyl groups is 1. The van der Waals surface area contributed by atoms with E-state index >= 15 is 0 Å². The first-order valence-electron chi connectivity index (χ1n) is 7.82. The minimum absolute atomic E-state index is 0.0252. The zero-order chi connectivity index (χ0) is 17.0. The number of hydrogen-bond acceptors (Lipinski definition) is 5. The first-order chi connectivity index (χ1) is 10.2. The molecule has 22 heavy (non-hydrogen) atoms. The molecule has 0 amide bonds. The maximum absolute atomic E-state index is 11.2. The minimum atomic E-state index is -0.844. The van der Waals surface area contributed by atoms with Crippen LogP contribution in [0.5, 0.6) is 0 Å². The number of ether oxygens (including phenoxy) is 3. The van der Waals surface area contributed by atoms with Crippen molar-refractivity contribution in [3.05, 3.63) is 12.2 Å². The summed E-state index contributed by atoms with van der Waals surface area (Å²) in [5.74, 6) is -0.675. The Hall–Kier alpha value is -0.910. The Labute approximate surface area is 133 Å². The number of methoxy groups -OCH3 is 2. The summed E-state index contributed by atoms with van der Waals surface area (Å²) in [6.45, 7) is 8.15. The topological polar surface area (TPSA) is 65.0 Å². The molecule has 1 rings (SSSR count). The van der Waals surface area contributed by atoms with Gasteiger partial charge in [0, 0.05) is 24.5 Å². The van der Waals surface area contributed by atoms with Crippen LogP contribution in [0.25, 0.3) is 0 Å². The molecule has 0 unspecified atom stereocenters. The van der Waals surface area contributed by atoms with Crippen LogP contribution in [0.3, 0.4) is 0 Å². The number of carbonyl (C=O) groups excluding carboxylic acids is 1. The van der Waals surface area contributed by atoms with Gasteiger partial charge in [-0.1, -0.05) is 33.8 Å². The summed E-state index contributed by atoms with van der Waals surface area (Å²) >= 11 is 0. The van der Waals surface area contributed by atoms with Crippen molar-refractivity contribution in [2.24, 2.45) is 17.3 Å². The van der Waals surface area contributed by atoms with Crippen molar-refractivity contribution in [3.63, 3.8) is 0 Å². The first kappa shape index (κ1) is 19.1. The Bertz CT molecular complexity index is 404. The van der Waals surface area contributed by atoms with Crippen LogP contribution in [0.4, 0.5) is 0 Å². The van der Waals surface area contributed by atoms with E-state index in [-0.39, 0.29) is 24.6 Å². The molecule has 1 fully saturated rings. The fourth-order valence-electron chi connectivity index (χ4n) is 3.32. The fraction of sp³-hybridized carbons (Fsp3) is 0.824. The van der Waals surface area contributed by atoms with Gasteiger partial charge in [0.05, 0.1) is 19.8 Å². The van der Waals surface area contributed by atoms with Gasteiger partial charge in [-0.05, 0) is 18.8 Å². The second-order valence-electron chi connectivity index (χ2n) is 6.82. The lowest BCUT2D eigenvalue weighted by Gasteiger charge is -2.54. The summed E-state index contributed by atoms with van der Waals surface area (Å²) in [6.07, 6.45) is 4.62. The molecule has 0 spiro atoms. The van der Waals surface area contributed by atoms with Crippen molar-refractivity contribution in [2.75, 3.05) is 20.8 Å². The lowest BCUT2D eigenvalue weighted by atomic mass is 9.69. The van der Waals surface area contributed by atoms with E-state index in [1.54, 1.807) is 13.2 Å². The molecule has 5 heteroatoms. The van der Waals surface area contributed by atoms with E-state index in [0.717, 1.165) is 6.42 Å². The van der Waals surface area contributed by atoms with Gasteiger partial charge in [0.1, 0.15) is 0 Å². The van der Waals surface area contributed by atoms with Crippen LogP contribution in [0, 0.1) is 17.3 Å². The zero-order valence-corrected chi connectivity index (χ0v) is 14.6. The second kappa shape index (κ2) is 7.57. The van der Waals surface area contributed by atoms with Crippen LogP contribution < -0.4 is 0 Å². The van der Waals surface area contributed by atoms with E-state index in [1.165, 1.54) is 13.2 Å². The van der Waals surface area contributed by atoms with Crippen LogP contribution in [0.15, 0.2) is 12.2 Å². The SMILES string of the molecule is COC(=O)/C=C/C[C@H]1C[C@@H](C)[C@@H](C)[C@@](OC)(C(C)(C)CO)O1. The number of esters is 1. The quantitative estimate of drug-likeness (QED) is 0.603. The van der Waals surface area contributed by atoms with E-state index in [0.29, 0.717) is 12.3 Å². The Kier molecular flexibility index (Phi) is 6.59. The molecule has 4 atom stereocenters. The molecule has 1 saturated heterocycles. The van der Waals surface area contributed by atoms with Crippen LogP contribution in [-0.2, 0) is 19.0 Å². The van der Waals surface area contributed by atoms with Gasteiger partial charge in [-0.3, -0.25) is 0 Å². The number of rotatable bonds is 6. The van der Waals surface area contributed by atoms with Crippen molar-refractivity contribution < 1.29 is 24.1 Å². The van der Waals surface area contributed by atoms with Gasteiger partial charge in [0.2, 0.25) is 0 Å². The first-order valence-corrected chi connectivity index (χ1v) is 7.82. The predicted octanol–water partition coefficient (Wildman–Crippen LogP) is 2.53. The molecule has 1 aliphatic heterocycles. The standard InChI is InChI=1S/C17H30O5/c1-12-10-14(8-7-9-15(19)20-5)22-17(21-6,13(12)2)16(3,4)11-18/h7,9,12-14,18H,8,10-11H2,1-6H3/b9-7+/t12-,13-,14+,17+/m1/s1. The van der Waals surface area contributed by atoms with Crippen molar-refractivity contribution in [1.29, 1.82) is 0 Å². The van der Waals surface area contributed by atoms with Crippen molar-refractivity contribution in [1.82, 2.24) is 0 Å². The smallest absolute Gasteiger partial charge is 0.330 e. The third-order valence-electron chi connectivity index (χ3n) is 4.93. The van der Waals surface area contributed by atoms with E-state index in [2.05, 4.69) is 18.6 Å². The molecule has 5 nitrogen and oxygen atoms in total. The lowest BCUT2D eigenvalue weighted by molar-refractivity contribution is -0.355. The van der Waals surface area contributed by atoms with Gasteiger partial charge >= 0.3 is 5.97 Å². The largest absolute Gasteiger partial charge is 0.466 e.